The summed E-state index contributed by atoms with van der Waals surface area (Å²) in [5, 5.41) is 2.11. The van der Waals surface area contributed by atoms with Gasteiger partial charge >= 0.3 is 6.43 Å². The van der Waals surface area contributed by atoms with Crippen molar-refractivity contribution < 1.29 is 23.0 Å². The molecule has 0 aliphatic heterocycles. The summed E-state index contributed by atoms with van der Waals surface area (Å²) >= 11 is 3.18. The summed E-state index contributed by atoms with van der Waals surface area (Å²) in [5.41, 5.74) is 0.206. The molecule has 1 aromatic carbocycles. The molecule has 106 valence electrons. The maximum absolute atomic E-state index is 12.2. The molecule has 0 saturated heterocycles. The van der Waals surface area contributed by atoms with Gasteiger partial charge in [-0.15, -0.1) is 0 Å². The average Bonchev–Trinajstić information content (AvgIpc) is 2.35. The lowest BCUT2D eigenvalue weighted by molar-refractivity contribution is -0.126. The van der Waals surface area contributed by atoms with Gasteiger partial charge in [0.25, 0.3) is 5.91 Å². The Balaban J connectivity index is 3.05. The SMILES string of the molecule is CCOc1cc(Br)c(NC(=O)C(F)F)cc1OCC. The Hall–Kier alpha value is -1.37. The van der Waals surface area contributed by atoms with Gasteiger partial charge in [0.15, 0.2) is 11.5 Å². The summed E-state index contributed by atoms with van der Waals surface area (Å²) in [5.74, 6) is -0.504. The Labute approximate surface area is 118 Å². The van der Waals surface area contributed by atoms with Gasteiger partial charge in [-0.25, -0.2) is 0 Å². The van der Waals surface area contributed by atoms with Crippen LogP contribution in [0.5, 0.6) is 11.5 Å². The van der Waals surface area contributed by atoms with E-state index in [9.17, 15) is 13.6 Å². The van der Waals surface area contributed by atoms with E-state index in [1.165, 1.54) is 6.07 Å². The van der Waals surface area contributed by atoms with Crippen molar-refractivity contribution >= 4 is 27.5 Å². The van der Waals surface area contributed by atoms with Crippen LogP contribution in [0.25, 0.3) is 0 Å². The molecule has 1 amide bonds. The zero-order valence-electron chi connectivity index (χ0n) is 10.5. The lowest BCUT2D eigenvalue weighted by atomic mass is 10.2. The van der Waals surface area contributed by atoms with Crippen molar-refractivity contribution in [2.45, 2.75) is 20.3 Å². The van der Waals surface area contributed by atoms with Gasteiger partial charge in [0.1, 0.15) is 0 Å². The number of hydrogen-bond acceptors (Lipinski definition) is 3. The number of carbonyl (C=O) groups is 1. The standard InChI is InChI=1S/C12H14BrF2NO3/c1-3-18-9-5-7(13)8(6-10(9)19-4-2)16-12(17)11(14)15/h5-6,11H,3-4H2,1-2H3,(H,16,17). The van der Waals surface area contributed by atoms with Crippen molar-refractivity contribution in [2.75, 3.05) is 18.5 Å². The van der Waals surface area contributed by atoms with Crippen LogP contribution in [0.1, 0.15) is 13.8 Å². The number of carbonyl (C=O) groups excluding carboxylic acids is 1. The second-order valence-corrected chi connectivity index (χ2v) is 4.29. The molecule has 0 radical (unpaired) electrons. The number of benzene rings is 1. The van der Waals surface area contributed by atoms with Crippen molar-refractivity contribution in [3.05, 3.63) is 16.6 Å². The molecule has 0 atom stereocenters. The quantitative estimate of drug-likeness (QED) is 0.864. The molecular weight excluding hydrogens is 324 g/mol. The highest BCUT2D eigenvalue weighted by Gasteiger charge is 2.18. The molecule has 0 saturated carbocycles. The average molecular weight is 338 g/mol. The third-order valence-electron chi connectivity index (χ3n) is 2.09. The summed E-state index contributed by atoms with van der Waals surface area (Å²) in [6.07, 6.45) is -3.07. The topological polar surface area (TPSA) is 47.6 Å². The van der Waals surface area contributed by atoms with Crippen molar-refractivity contribution in [2.24, 2.45) is 0 Å². The lowest BCUT2D eigenvalue weighted by Gasteiger charge is -2.14. The van der Waals surface area contributed by atoms with Gasteiger partial charge in [0.2, 0.25) is 0 Å². The second-order valence-electron chi connectivity index (χ2n) is 3.43. The van der Waals surface area contributed by atoms with Gasteiger partial charge < -0.3 is 14.8 Å². The van der Waals surface area contributed by atoms with Crippen molar-refractivity contribution in [3.8, 4) is 11.5 Å². The number of alkyl halides is 2. The number of ether oxygens (including phenoxy) is 2. The van der Waals surface area contributed by atoms with Crippen LogP contribution in [0.2, 0.25) is 0 Å². The Bertz CT molecular complexity index is 455. The third-order valence-corrected chi connectivity index (χ3v) is 2.75. The molecule has 4 nitrogen and oxygen atoms in total. The smallest absolute Gasteiger partial charge is 0.315 e. The molecule has 0 aliphatic carbocycles. The van der Waals surface area contributed by atoms with E-state index in [1.807, 2.05) is 6.92 Å². The molecular formula is C12H14BrF2NO3. The Morgan fingerprint density at radius 2 is 1.79 bits per heavy atom. The van der Waals surface area contributed by atoms with Gasteiger partial charge in [-0.1, -0.05) is 0 Å². The molecule has 1 N–H and O–H groups in total. The van der Waals surface area contributed by atoms with E-state index in [4.69, 9.17) is 9.47 Å². The molecule has 0 fully saturated rings. The fraction of sp³-hybridized carbons (Fsp3) is 0.417. The highest BCUT2D eigenvalue weighted by Crippen LogP contribution is 2.36. The van der Waals surface area contributed by atoms with Gasteiger partial charge in [0, 0.05) is 16.6 Å². The normalized spacial score (nSPS) is 10.4. The molecule has 0 aliphatic rings. The fourth-order valence-electron chi connectivity index (χ4n) is 1.35. The van der Waals surface area contributed by atoms with Crippen LogP contribution in [0.15, 0.2) is 16.6 Å². The summed E-state index contributed by atoms with van der Waals surface area (Å²) in [6.45, 7) is 4.44. The molecule has 19 heavy (non-hydrogen) atoms. The molecule has 1 aromatic rings. The first-order valence-corrected chi connectivity index (χ1v) is 6.47. The highest BCUT2D eigenvalue weighted by atomic mass is 79.9. The summed E-state index contributed by atoms with van der Waals surface area (Å²) < 4.78 is 35.6. The minimum atomic E-state index is -3.07. The molecule has 1 rings (SSSR count). The van der Waals surface area contributed by atoms with Crippen LogP contribution in [0.3, 0.4) is 0 Å². The molecule has 0 aromatic heterocycles. The summed E-state index contributed by atoms with van der Waals surface area (Å²) in [4.78, 5) is 11.0. The van der Waals surface area contributed by atoms with E-state index in [-0.39, 0.29) is 5.69 Å². The first kappa shape index (κ1) is 15.7. The van der Waals surface area contributed by atoms with Gasteiger partial charge in [-0.05, 0) is 29.8 Å². The molecule has 0 unspecified atom stereocenters. The Kier molecular flexibility index (Phi) is 6.01. The monoisotopic (exact) mass is 337 g/mol. The number of hydrogen-bond donors (Lipinski definition) is 1. The van der Waals surface area contributed by atoms with E-state index in [0.717, 1.165) is 0 Å². The van der Waals surface area contributed by atoms with Crippen LogP contribution < -0.4 is 14.8 Å². The third kappa shape index (κ3) is 4.34. The number of amides is 1. The second kappa shape index (κ2) is 7.28. The number of rotatable bonds is 6. The van der Waals surface area contributed by atoms with Gasteiger partial charge in [0.05, 0.1) is 18.9 Å². The first-order chi connectivity index (χ1) is 8.99. The number of halogens is 3. The van der Waals surface area contributed by atoms with Crippen LogP contribution in [-0.4, -0.2) is 25.5 Å². The van der Waals surface area contributed by atoms with Crippen LogP contribution in [0, 0.1) is 0 Å². The fourth-order valence-corrected chi connectivity index (χ4v) is 1.78. The van der Waals surface area contributed by atoms with Crippen LogP contribution in [-0.2, 0) is 4.79 Å². The van der Waals surface area contributed by atoms with E-state index in [0.29, 0.717) is 29.2 Å². The highest BCUT2D eigenvalue weighted by molar-refractivity contribution is 9.10. The van der Waals surface area contributed by atoms with E-state index in [1.54, 1.807) is 13.0 Å². The lowest BCUT2D eigenvalue weighted by Crippen LogP contribution is -2.20. The van der Waals surface area contributed by atoms with E-state index in [2.05, 4.69) is 21.2 Å². The van der Waals surface area contributed by atoms with Crippen molar-refractivity contribution in [1.29, 1.82) is 0 Å². The molecule has 0 bridgehead atoms. The predicted octanol–water partition coefficient (Wildman–Crippen LogP) is 3.45. The minimum Gasteiger partial charge on any atom is -0.490 e. The number of nitrogens with one attached hydrogen (secondary N) is 1. The largest absolute Gasteiger partial charge is 0.490 e. The first-order valence-electron chi connectivity index (χ1n) is 5.67. The molecule has 7 heteroatoms. The van der Waals surface area contributed by atoms with Crippen LogP contribution in [0.4, 0.5) is 14.5 Å². The number of anilines is 1. The maximum Gasteiger partial charge on any atom is 0.315 e. The Morgan fingerprint density at radius 3 is 2.26 bits per heavy atom. The molecule has 0 heterocycles. The maximum atomic E-state index is 12.2. The predicted molar refractivity (Wildman–Crippen MR) is 71.1 cm³/mol. The summed E-state index contributed by atoms with van der Waals surface area (Å²) in [6, 6.07) is 3.01. The zero-order valence-corrected chi connectivity index (χ0v) is 12.1. The van der Waals surface area contributed by atoms with E-state index < -0.39 is 12.3 Å². The summed E-state index contributed by atoms with van der Waals surface area (Å²) in [7, 11) is 0. The van der Waals surface area contributed by atoms with Gasteiger partial charge in [-0.2, -0.15) is 8.78 Å². The van der Waals surface area contributed by atoms with Crippen molar-refractivity contribution in [1.82, 2.24) is 0 Å². The molecule has 0 spiro atoms. The minimum absolute atomic E-state index is 0.206. The van der Waals surface area contributed by atoms with Crippen LogP contribution >= 0.6 is 15.9 Å². The van der Waals surface area contributed by atoms with Crippen molar-refractivity contribution in [3.63, 3.8) is 0 Å². The van der Waals surface area contributed by atoms with Gasteiger partial charge in [-0.3, -0.25) is 4.79 Å². The van der Waals surface area contributed by atoms with E-state index >= 15 is 0 Å². The zero-order chi connectivity index (χ0) is 14.4. The Morgan fingerprint density at radius 1 is 1.26 bits per heavy atom.